The quantitative estimate of drug-likeness (QED) is 0.590. The van der Waals surface area contributed by atoms with E-state index in [2.05, 4.69) is 28.8 Å². The Hall–Kier alpha value is -0.990. The summed E-state index contributed by atoms with van der Waals surface area (Å²) < 4.78 is 2.30. The lowest BCUT2D eigenvalue weighted by molar-refractivity contribution is 1.03. The van der Waals surface area contributed by atoms with Gasteiger partial charge in [-0.05, 0) is 24.6 Å². The van der Waals surface area contributed by atoms with Crippen LogP contribution in [-0.2, 0) is 6.42 Å². The summed E-state index contributed by atoms with van der Waals surface area (Å²) in [5.41, 5.74) is 2.57. The van der Waals surface area contributed by atoms with Crippen LogP contribution in [0.3, 0.4) is 0 Å². The van der Waals surface area contributed by atoms with Gasteiger partial charge in [-0.3, -0.25) is 0 Å². The second-order valence-electron chi connectivity index (χ2n) is 3.60. The van der Waals surface area contributed by atoms with Crippen LogP contribution in [0.1, 0.15) is 12.6 Å². The Balaban J connectivity index is 2.52. The Morgan fingerprint density at radius 1 is 1.33 bits per heavy atom. The van der Waals surface area contributed by atoms with E-state index >= 15 is 0 Å². The van der Waals surface area contributed by atoms with E-state index in [0.29, 0.717) is 0 Å². The number of aromatic nitrogens is 1. The van der Waals surface area contributed by atoms with Crippen molar-refractivity contribution < 1.29 is 0 Å². The molecular formula is C12H10ClNS. The maximum absolute atomic E-state index is 6.03. The third-order valence-electron chi connectivity index (χ3n) is 2.70. The van der Waals surface area contributed by atoms with Gasteiger partial charge in [-0.2, -0.15) is 0 Å². The van der Waals surface area contributed by atoms with Crippen molar-refractivity contribution in [3.8, 4) is 0 Å². The van der Waals surface area contributed by atoms with E-state index < -0.39 is 0 Å². The number of rotatable bonds is 1. The SMILES string of the molecule is CCc1csc2cc3ccc(Cl)cc3n12. The minimum Gasteiger partial charge on any atom is -0.304 e. The molecular weight excluding hydrogens is 226 g/mol. The normalized spacial score (nSPS) is 11.6. The van der Waals surface area contributed by atoms with Crippen LogP contribution in [0.2, 0.25) is 5.02 Å². The van der Waals surface area contributed by atoms with Crippen molar-refractivity contribution in [2.45, 2.75) is 13.3 Å². The number of benzene rings is 1. The van der Waals surface area contributed by atoms with E-state index in [4.69, 9.17) is 11.6 Å². The zero-order valence-corrected chi connectivity index (χ0v) is 9.90. The van der Waals surface area contributed by atoms with E-state index in [9.17, 15) is 0 Å². The van der Waals surface area contributed by atoms with Crippen LogP contribution in [0, 0.1) is 0 Å². The Morgan fingerprint density at radius 3 is 3.00 bits per heavy atom. The molecule has 0 aliphatic carbocycles. The molecule has 0 atom stereocenters. The molecule has 0 aliphatic heterocycles. The van der Waals surface area contributed by atoms with Gasteiger partial charge in [-0.1, -0.05) is 24.6 Å². The van der Waals surface area contributed by atoms with Gasteiger partial charge in [0.05, 0.1) is 5.52 Å². The van der Waals surface area contributed by atoms with Crippen LogP contribution in [0.15, 0.2) is 29.6 Å². The van der Waals surface area contributed by atoms with Crippen LogP contribution in [0.5, 0.6) is 0 Å². The fourth-order valence-corrected chi connectivity index (χ4v) is 3.17. The number of aryl methyl sites for hydroxylation is 1. The highest BCUT2D eigenvalue weighted by atomic mass is 35.5. The minimum atomic E-state index is 0.802. The molecule has 1 nitrogen and oxygen atoms in total. The van der Waals surface area contributed by atoms with Gasteiger partial charge in [-0.15, -0.1) is 11.3 Å². The Kier molecular flexibility index (Phi) is 2.01. The second kappa shape index (κ2) is 3.26. The smallest absolute Gasteiger partial charge is 0.100 e. The highest BCUT2D eigenvalue weighted by molar-refractivity contribution is 7.15. The average Bonchev–Trinajstić information content (AvgIpc) is 2.76. The van der Waals surface area contributed by atoms with E-state index in [1.165, 1.54) is 21.4 Å². The van der Waals surface area contributed by atoms with Crippen molar-refractivity contribution in [3.05, 3.63) is 40.4 Å². The summed E-state index contributed by atoms with van der Waals surface area (Å²) in [6.07, 6.45) is 1.05. The summed E-state index contributed by atoms with van der Waals surface area (Å²) in [6, 6.07) is 8.28. The third kappa shape index (κ3) is 1.29. The zero-order valence-electron chi connectivity index (χ0n) is 8.33. The molecule has 76 valence electrons. The first-order valence-corrected chi connectivity index (χ1v) is 6.22. The number of halogens is 1. The van der Waals surface area contributed by atoms with Crippen molar-refractivity contribution in [3.63, 3.8) is 0 Å². The molecule has 1 aromatic carbocycles. The van der Waals surface area contributed by atoms with Gasteiger partial charge in [0.15, 0.2) is 0 Å². The van der Waals surface area contributed by atoms with E-state index in [-0.39, 0.29) is 0 Å². The largest absolute Gasteiger partial charge is 0.304 e. The first kappa shape index (κ1) is 9.25. The first-order valence-electron chi connectivity index (χ1n) is 4.96. The highest BCUT2D eigenvalue weighted by Crippen LogP contribution is 2.28. The molecule has 3 heteroatoms. The molecule has 0 unspecified atom stereocenters. The Bertz CT molecular complexity index is 635. The molecule has 0 N–H and O–H groups in total. The van der Waals surface area contributed by atoms with E-state index in [1.807, 2.05) is 12.1 Å². The first-order chi connectivity index (χ1) is 7.29. The van der Waals surface area contributed by atoms with Crippen LogP contribution in [0.4, 0.5) is 0 Å². The Labute approximate surface area is 96.9 Å². The maximum Gasteiger partial charge on any atom is 0.100 e. The summed E-state index contributed by atoms with van der Waals surface area (Å²) in [6.45, 7) is 2.18. The molecule has 0 aliphatic rings. The monoisotopic (exact) mass is 235 g/mol. The van der Waals surface area contributed by atoms with E-state index in [1.54, 1.807) is 11.3 Å². The van der Waals surface area contributed by atoms with Crippen LogP contribution in [0.25, 0.3) is 15.7 Å². The number of hydrogen-bond donors (Lipinski definition) is 0. The molecule has 0 saturated heterocycles. The maximum atomic E-state index is 6.03. The predicted octanol–water partition coefficient (Wildman–Crippen LogP) is 4.37. The molecule has 2 heterocycles. The zero-order chi connectivity index (χ0) is 10.4. The lowest BCUT2D eigenvalue weighted by atomic mass is 10.2. The molecule has 0 amide bonds. The highest BCUT2D eigenvalue weighted by Gasteiger charge is 2.07. The summed E-state index contributed by atoms with van der Waals surface area (Å²) in [5.74, 6) is 0. The van der Waals surface area contributed by atoms with Gasteiger partial charge in [-0.25, -0.2) is 0 Å². The fourth-order valence-electron chi connectivity index (χ4n) is 1.95. The van der Waals surface area contributed by atoms with Crippen molar-refractivity contribution in [1.82, 2.24) is 4.40 Å². The third-order valence-corrected chi connectivity index (χ3v) is 3.86. The number of thiazole rings is 1. The van der Waals surface area contributed by atoms with Gasteiger partial charge in [0.1, 0.15) is 4.83 Å². The molecule has 0 bridgehead atoms. The topological polar surface area (TPSA) is 4.41 Å². The summed E-state index contributed by atoms with van der Waals surface area (Å²) in [4.78, 5) is 1.30. The van der Waals surface area contributed by atoms with Gasteiger partial charge in [0, 0.05) is 21.5 Å². The van der Waals surface area contributed by atoms with Crippen LogP contribution >= 0.6 is 22.9 Å². The average molecular weight is 236 g/mol. The molecule has 0 saturated carbocycles. The molecule has 2 aromatic heterocycles. The number of fused-ring (bicyclic) bond motifs is 3. The predicted molar refractivity (Wildman–Crippen MR) is 67.2 cm³/mol. The minimum absolute atomic E-state index is 0.802. The molecule has 15 heavy (non-hydrogen) atoms. The molecule has 0 fully saturated rings. The van der Waals surface area contributed by atoms with Crippen molar-refractivity contribution in [2.24, 2.45) is 0 Å². The summed E-state index contributed by atoms with van der Waals surface area (Å²) >= 11 is 7.82. The summed E-state index contributed by atoms with van der Waals surface area (Å²) in [7, 11) is 0. The molecule has 0 spiro atoms. The lowest BCUT2D eigenvalue weighted by Gasteiger charge is -1.98. The standard InChI is InChI=1S/C12H10ClNS/c1-2-10-7-15-12-5-8-3-4-9(13)6-11(8)14(10)12/h3-7H,2H2,1H3. The molecule has 3 aromatic rings. The molecule has 0 radical (unpaired) electrons. The number of hydrogen-bond acceptors (Lipinski definition) is 1. The Morgan fingerprint density at radius 2 is 2.20 bits per heavy atom. The van der Waals surface area contributed by atoms with Gasteiger partial charge >= 0.3 is 0 Å². The van der Waals surface area contributed by atoms with Crippen LogP contribution in [-0.4, -0.2) is 4.40 Å². The van der Waals surface area contributed by atoms with Gasteiger partial charge in [0.25, 0.3) is 0 Å². The van der Waals surface area contributed by atoms with Crippen molar-refractivity contribution in [2.75, 3.05) is 0 Å². The van der Waals surface area contributed by atoms with Gasteiger partial charge < -0.3 is 4.40 Å². The van der Waals surface area contributed by atoms with E-state index in [0.717, 1.165) is 11.4 Å². The number of nitrogens with zero attached hydrogens (tertiary/aromatic N) is 1. The van der Waals surface area contributed by atoms with Gasteiger partial charge in [0.2, 0.25) is 0 Å². The second-order valence-corrected chi connectivity index (χ2v) is 4.93. The lowest BCUT2D eigenvalue weighted by Crippen LogP contribution is -1.87. The van der Waals surface area contributed by atoms with Crippen molar-refractivity contribution in [1.29, 1.82) is 0 Å². The summed E-state index contributed by atoms with van der Waals surface area (Å²) in [5, 5.41) is 4.28. The van der Waals surface area contributed by atoms with Crippen molar-refractivity contribution >= 4 is 38.7 Å². The fraction of sp³-hybridized carbons (Fsp3) is 0.167. The molecule has 3 rings (SSSR count). The van der Waals surface area contributed by atoms with Crippen LogP contribution < -0.4 is 0 Å².